The van der Waals surface area contributed by atoms with Crippen LogP contribution in [0.3, 0.4) is 0 Å². The summed E-state index contributed by atoms with van der Waals surface area (Å²) in [5.41, 5.74) is 1.05. The summed E-state index contributed by atoms with van der Waals surface area (Å²) in [5, 5.41) is 3.89. The highest BCUT2D eigenvalue weighted by molar-refractivity contribution is 5.97. The van der Waals surface area contributed by atoms with E-state index in [0.29, 0.717) is 29.3 Å². The van der Waals surface area contributed by atoms with Gasteiger partial charge in [0.25, 0.3) is 0 Å². The Morgan fingerprint density at radius 1 is 1.06 bits per heavy atom. The summed E-state index contributed by atoms with van der Waals surface area (Å²) < 4.78 is 56.7. The Morgan fingerprint density at radius 2 is 1.78 bits per heavy atom. The Hall–Kier alpha value is -3.76. The van der Waals surface area contributed by atoms with Crippen LogP contribution in [0.5, 0.6) is 17.2 Å². The molecule has 1 aromatic heterocycles. The molecule has 0 N–H and O–H groups in total. The highest BCUT2D eigenvalue weighted by Crippen LogP contribution is 2.38. The van der Waals surface area contributed by atoms with E-state index in [4.69, 9.17) is 14.0 Å². The summed E-state index contributed by atoms with van der Waals surface area (Å²) in [6.07, 6.45) is -4.61. The van der Waals surface area contributed by atoms with E-state index in [1.165, 1.54) is 26.4 Å². The zero-order valence-corrected chi connectivity index (χ0v) is 17.0. The monoisotopic (exact) mass is 449 g/mol. The molecule has 1 aliphatic rings. The lowest BCUT2D eigenvalue weighted by Crippen LogP contribution is -2.24. The zero-order chi connectivity index (χ0) is 22.9. The molecule has 32 heavy (non-hydrogen) atoms. The number of halogens is 3. The number of methoxy groups -OCH3 is 2. The van der Waals surface area contributed by atoms with Crippen molar-refractivity contribution in [2.45, 2.75) is 18.7 Å². The minimum Gasteiger partial charge on any atom is -0.497 e. The fourth-order valence-corrected chi connectivity index (χ4v) is 3.44. The van der Waals surface area contributed by atoms with Crippen LogP contribution in [-0.4, -0.2) is 43.2 Å². The largest absolute Gasteiger partial charge is 0.573 e. The Morgan fingerprint density at radius 3 is 2.44 bits per heavy atom. The van der Waals surface area contributed by atoms with Crippen molar-refractivity contribution in [1.29, 1.82) is 0 Å². The Kier molecular flexibility index (Phi) is 5.64. The normalized spacial score (nSPS) is 16.3. The molecule has 8 nitrogen and oxygen atoms in total. The predicted octanol–water partition coefficient (Wildman–Crippen LogP) is 4.17. The average Bonchev–Trinajstić information content (AvgIpc) is 3.39. The number of nitrogens with zero attached hydrogens (tertiary/aromatic N) is 3. The van der Waals surface area contributed by atoms with Gasteiger partial charge >= 0.3 is 6.36 Å². The maximum atomic E-state index is 12.7. The van der Waals surface area contributed by atoms with Crippen molar-refractivity contribution < 1.29 is 36.7 Å². The van der Waals surface area contributed by atoms with Crippen LogP contribution in [0.4, 0.5) is 18.9 Å². The molecule has 168 valence electrons. The van der Waals surface area contributed by atoms with E-state index < -0.39 is 6.36 Å². The number of ether oxygens (including phenoxy) is 3. The van der Waals surface area contributed by atoms with Crippen molar-refractivity contribution in [3.63, 3.8) is 0 Å². The van der Waals surface area contributed by atoms with Crippen molar-refractivity contribution in [3.8, 4) is 28.6 Å². The van der Waals surface area contributed by atoms with Crippen LogP contribution in [0.25, 0.3) is 11.4 Å². The molecule has 0 bridgehead atoms. The maximum Gasteiger partial charge on any atom is 0.573 e. The number of carbonyl (C=O) groups excluding carboxylic acids is 1. The molecular formula is C21H18F3N3O5. The molecule has 1 aliphatic heterocycles. The van der Waals surface area contributed by atoms with Gasteiger partial charge < -0.3 is 23.6 Å². The van der Waals surface area contributed by atoms with Gasteiger partial charge in [-0.3, -0.25) is 4.79 Å². The topological polar surface area (TPSA) is 86.9 Å². The maximum absolute atomic E-state index is 12.7. The van der Waals surface area contributed by atoms with E-state index in [1.807, 2.05) is 0 Å². The fourth-order valence-electron chi connectivity index (χ4n) is 3.44. The van der Waals surface area contributed by atoms with E-state index in [1.54, 1.807) is 23.1 Å². The third-order valence-electron chi connectivity index (χ3n) is 4.94. The van der Waals surface area contributed by atoms with Gasteiger partial charge in [0.2, 0.25) is 17.6 Å². The van der Waals surface area contributed by atoms with E-state index in [9.17, 15) is 18.0 Å². The van der Waals surface area contributed by atoms with Crippen molar-refractivity contribution in [3.05, 3.63) is 48.4 Å². The molecule has 4 rings (SSSR count). The number of rotatable bonds is 6. The second kappa shape index (κ2) is 8.40. The first kappa shape index (κ1) is 21.5. The van der Waals surface area contributed by atoms with E-state index in [2.05, 4.69) is 14.9 Å². The summed E-state index contributed by atoms with van der Waals surface area (Å²) in [7, 11) is 3.04. The number of carbonyl (C=O) groups is 1. The third kappa shape index (κ3) is 4.46. The number of alkyl halides is 3. The van der Waals surface area contributed by atoms with Gasteiger partial charge in [-0.15, -0.1) is 13.2 Å². The van der Waals surface area contributed by atoms with Gasteiger partial charge in [0, 0.05) is 24.6 Å². The molecule has 2 aromatic carbocycles. The van der Waals surface area contributed by atoms with Crippen molar-refractivity contribution in [2.75, 3.05) is 25.7 Å². The molecule has 1 unspecified atom stereocenters. The number of aromatic nitrogens is 2. The lowest BCUT2D eigenvalue weighted by atomic mass is 10.1. The highest BCUT2D eigenvalue weighted by Gasteiger charge is 2.36. The second-order valence-electron chi connectivity index (χ2n) is 6.97. The van der Waals surface area contributed by atoms with Crippen molar-refractivity contribution in [2.24, 2.45) is 0 Å². The molecule has 0 spiro atoms. The van der Waals surface area contributed by atoms with E-state index in [-0.39, 0.29) is 35.7 Å². The molecule has 0 radical (unpaired) electrons. The van der Waals surface area contributed by atoms with Crippen molar-refractivity contribution >= 4 is 11.6 Å². The summed E-state index contributed by atoms with van der Waals surface area (Å²) in [6.45, 7) is 0.307. The lowest BCUT2D eigenvalue weighted by Gasteiger charge is -2.19. The van der Waals surface area contributed by atoms with E-state index in [0.717, 1.165) is 12.1 Å². The quantitative estimate of drug-likeness (QED) is 0.558. The van der Waals surface area contributed by atoms with Gasteiger partial charge in [-0.1, -0.05) is 5.16 Å². The van der Waals surface area contributed by atoms with Gasteiger partial charge in [0.05, 0.1) is 25.8 Å². The van der Waals surface area contributed by atoms with Crippen LogP contribution in [0.1, 0.15) is 18.2 Å². The van der Waals surface area contributed by atoms with Gasteiger partial charge in [-0.25, -0.2) is 0 Å². The number of hydrogen-bond acceptors (Lipinski definition) is 7. The molecular weight excluding hydrogens is 431 g/mol. The van der Waals surface area contributed by atoms with Gasteiger partial charge in [-0.2, -0.15) is 4.98 Å². The number of amides is 1. The van der Waals surface area contributed by atoms with Gasteiger partial charge in [0.15, 0.2) is 0 Å². The zero-order valence-electron chi connectivity index (χ0n) is 17.0. The molecule has 1 atom stereocenters. The molecule has 1 amide bonds. The first-order valence-electron chi connectivity index (χ1n) is 9.49. The van der Waals surface area contributed by atoms with Gasteiger partial charge in [-0.05, 0) is 36.4 Å². The molecule has 0 aliphatic carbocycles. The fraction of sp³-hybridized carbons (Fsp3) is 0.286. The molecule has 1 saturated heterocycles. The third-order valence-corrected chi connectivity index (χ3v) is 4.94. The average molecular weight is 449 g/mol. The molecule has 0 saturated carbocycles. The SMILES string of the molecule is COc1ccc(N2CC(c3nc(-c4ccc(OC(F)(F)F)cc4)no3)CC2=O)c(OC)c1. The Bertz CT molecular complexity index is 1110. The van der Waals surface area contributed by atoms with Crippen LogP contribution in [0.2, 0.25) is 0 Å². The van der Waals surface area contributed by atoms with Crippen LogP contribution >= 0.6 is 0 Å². The second-order valence-corrected chi connectivity index (χ2v) is 6.97. The first-order valence-corrected chi connectivity index (χ1v) is 9.49. The minimum atomic E-state index is -4.77. The Balaban J connectivity index is 1.50. The molecule has 11 heteroatoms. The van der Waals surface area contributed by atoms with Crippen LogP contribution in [0, 0.1) is 0 Å². The number of benzene rings is 2. The summed E-state index contributed by atoms with van der Waals surface area (Å²) in [4.78, 5) is 18.6. The Labute approximate surface area is 180 Å². The lowest BCUT2D eigenvalue weighted by molar-refractivity contribution is -0.274. The first-order chi connectivity index (χ1) is 15.3. The number of hydrogen-bond donors (Lipinski definition) is 0. The summed E-state index contributed by atoms with van der Waals surface area (Å²) >= 11 is 0. The molecule has 2 heterocycles. The molecule has 3 aromatic rings. The van der Waals surface area contributed by atoms with Crippen molar-refractivity contribution in [1.82, 2.24) is 10.1 Å². The smallest absolute Gasteiger partial charge is 0.497 e. The van der Waals surface area contributed by atoms with Crippen LogP contribution < -0.4 is 19.1 Å². The standard InChI is InChI=1S/C21H18F3N3O5/c1-29-15-7-8-16(17(10-15)30-2)27-11-13(9-18(27)28)20-25-19(26-32-20)12-3-5-14(6-4-12)31-21(22,23)24/h3-8,10,13H,9,11H2,1-2H3. The highest BCUT2D eigenvalue weighted by atomic mass is 19.4. The van der Waals surface area contributed by atoms with Crippen LogP contribution in [-0.2, 0) is 4.79 Å². The molecule has 1 fully saturated rings. The summed E-state index contributed by atoms with van der Waals surface area (Å²) in [6, 6.07) is 10.3. The van der Waals surface area contributed by atoms with Crippen LogP contribution in [0.15, 0.2) is 47.0 Å². The predicted molar refractivity (Wildman–Crippen MR) is 106 cm³/mol. The summed E-state index contributed by atoms with van der Waals surface area (Å²) in [5.74, 6) is 0.726. The van der Waals surface area contributed by atoms with E-state index >= 15 is 0 Å². The number of anilines is 1. The van der Waals surface area contributed by atoms with Gasteiger partial charge in [0.1, 0.15) is 17.2 Å². The minimum absolute atomic E-state index is 0.133.